The van der Waals surface area contributed by atoms with Gasteiger partial charge in [-0.2, -0.15) is 0 Å². The average Bonchev–Trinajstić information content (AvgIpc) is 2.35. The monoisotopic (exact) mass is 250 g/mol. The van der Waals surface area contributed by atoms with Crippen molar-refractivity contribution < 1.29 is 9.90 Å². The predicted octanol–water partition coefficient (Wildman–Crippen LogP) is 1.61. The number of carbonyl (C=O) groups is 1. The lowest BCUT2D eigenvalue weighted by Gasteiger charge is -2.30. The zero-order valence-corrected chi connectivity index (χ0v) is 11.5. The highest BCUT2D eigenvalue weighted by atomic mass is 16.3. The second-order valence-corrected chi connectivity index (χ2v) is 5.01. The summed E-state index contributed by atoms with van der Waals surface area (Å²) in [5.74, 6) is 0.0983. The smallest absolute Gasteiger partial charge is 0.182 e. The highest BCUT2D eigenvalue weighted by Crippen LogP contribution is 2.19. The quantitative estimate of drug-likeness (QED) is 0.753. The molecule has 0 unspecified atom stereocenters. The topological polar surface area (TPSA) is 52.6 Å². The van der Waals surface area contributed by atoms with E-state index < -0.39 is 5.54 Å². The van der Waals surface area contributed by atoms with Crippen molar-refractivity contribution in [3.63, 3.8) is 0 Å². The Morgan fingerprint density at radius 2 is 1.83 bits per heavy atom. The Labute approximate surface area is 109 Å². The summed E-state index contributed by atoms with van der Waals surface area (Å²) in [6.07, 6.45) is 0. The molecule has 0 aliphatic heterocycles. The number of hydrogen-bond acceptors (Lipinski definition) is 4. The molecule has 0 atom stereocenters. The Hall–Kier alpha value is -1.39. The summed E-state index contributed by atoms with van der Waals surface area (Å²) in [4.78, 5) is 14.2. The fraction of sp³-hybridized carbons (Fsp3) is 0.500. The number of ketones is 1. The minimum Gasteiger partial charge on any atom is -0.395 e. The summed E-state index contributed by atoms with van der Waals surface area (Å²) in [5, 5.41) is 11.8. The Bertz CT molecular complexity index is 397. The van der Waals surface area contributed by atoms with E-state index in [1.165, 1.54) is 0 Å². The molecule has 4 heteroatoms. The van der Waals surface area contributed by atoms with Gasteiger partial charge in [-0.3, -0.25) is 9.69 Å². The highest BCUT2D eigenvalue weighted by Gasteiger charge is 2.30. The second-order valence-electron chi connectivity index (χ2n) is 5.01. The molecule has 4 nitrogen and oxygen atoms in total. The minimum atomic E-state index is -0.514. The van der Waals surface area contributed by atoms with Gasteiger partial charge in [-0.1, -0.05) is 0 Å². The van der Waals surface area contributed by atoms with Gasteiger partial charge in [0.2, 0.25) is 0 Å². The molecule has 0 aromatic heterocycles. The van der Waals surface area contributed by atoms with E-state index in [2.05, 4.69) is 5.32 Å². The zero-order valence-electron chi connectivity index (χ0n) is 11.5. The fourth-order valence-corrected chi connectivity index (χ4v) is 1.50. The molecule has 1 aromatic carbocycles. The number of rotatable bonds is 6. The van der Waals surface area contributed by atoms with Crippen LogP contribution < -0.4 is 5.32 Å². The van der Waals surface area contributed by atoms with Gasteiger partial charge in [0, 0.05) is 17.8 Å². The number of nitrogens with zero attached hydrogens (tertiary/aromatic N) is 1. The van der Waals surface area contributed by atoms with E-state index in [1.807, 2.05) is 57.1 Å². The summed E-state index contributed by atoms with van der Waals surface area (Å²) in [5.41, 5.74) is 1.09. The van der Waals surface area contributed by atoms with Crippen LogP contribution >= 0.6 is 0 Å². The van der Waals surface area contributed by atoms with Crippen LogP contribution in [0.1, 0.15) is 24.2 Å². The standard InChI is InChI=1S/C14H22N2O2/c1-14(2,16(3)4)13(18)11-5-7-12(8-6-11)15-9-10-17/h5-8,15,17H,9-10H2,1-4H3. The van der Waals surface area contributed by atoms with Gasteiger partial charge in [0.1, 0.15) is 0 Å². The number of aliphatic hydroxyl groups excluding tert-OH is 1. The molecule has 2 N–H and O–H groups in total. The lowest BCUT2D eigenvalue weighted by molar-refractivity contribution is 0.0755. The Balaban J connectivity index is 2.82. The number of likely N-dealkylation sites (N-methyl/N-ethyl adjacent to an activating group) is 1. The predicted molar refractivity (Wildman–Crippen MR) is 74.1 cm³/mol. The highest BCUT2D eigenvalue weighted by molar-refractivity contribution is 6.02. The maximum absolute atomic E-state index is 12.3. The van der Waals surface area contributed by atoms with Crippen LogP contribution in [0, 0.1) is 0 Å². The Morgan fingerprint density at radius 1 is 1.28 bits per heavy atom. The zero-order chi connectivity index (χ0) is 13.8. The van der Waals surface area contributed by atoms with Crippen LogP contribution in [0.25, 0.3) is 0 Å². The third kappa shape index (κ3) is 3.31. The van der Waals surface area contributed by atoms with Crippen LogP contribution in [0.2, 0.25) is 0 Å². The average molecular weight is 250 g/mol. The fourth-order valence-electron chi connectivity index (χ4n) is 1.50. The SMILES string of the molecule is CN(C)C(C)(C)C(=O)c1ccc(NCCO)cc1. The van der Waals surface area contributed by atoms with Crippen molar-refractivity contribution in [1.29, 1.82) is 0 Å². The van der Waals surface area contributed by atoms with E-state index in [4.69, 9.17) is 5.11 Å². The number of hydrogen-bond donors (Lipinski definition) is 2. The number of benzene rings is 1. The molecule has 0 saturated carbocycles. The first kappa shape index (κ1) is 14.7. The van der Waals surface area contributed by atoms with E-state index in [9.17, 15) is 4.79 Å². The molecule has 0 aliphatic carbocycles. The molecule has 1 aromatic rings. The summed E-state index contributed by atoms with van der Waals surface area (Å²) >= 11 is 0. The summed E-state index contributed by atoms with van der Waals surface area (Å²) in [7, 11) is 3.80. The van der Waals surface area contributed by atoms with Crippen molar-refractivity contribution in [2.24, 2.45) is 0 Å². The van der Waals surface area contributed by atoms with Crippen LogP contribution in [0.3, 0.4) is 0 Å². The van der Waals surface area contributed by atoms with Gasteiger partial charge < -0.3 is 10.4 Å². The molecule has 0 amide bonds. The third-order valence-corrected chi connectivity index (χ3v) is 3.26. The van der Waals surface area contributed by atoms with Crippen molar-refractivity contribution in [2.45, 2.75) is 19.4 Å². The molecule has 0 fully saturated rings. The molecule has 1 rings (SSSR count). The molecule has 0 heterocycles. The van der Waals surface area contributed by atoms with Gasteiger partial charge >= 0.3 is 0 Å². The number of nitrogens with one attached hydrogen (secondary N) is 1. The lowest BCUT2D eigenvalue weighted by atomic mass is 9.92. The van der Waals surface area contributed by atoms with Crippen molar-refractivity contribution in [3.05, 3.63) is 29.8 Å². The maximum Gasteiger partial charge on any atom is 0.182 e. The first-order valence-electron chi connectivity index (χ1n) is 6.06. The van der Waals surface area contributed by atoms with Crippen molar-refractivity contribution >= 4 is 11.5 Å². The van der Waals surface area contributed by atoms with E-state index in [0.717, 1.165) is 5.69 Å². The molecule has 18 heavy (non-hydrogen) atoms. The number of anilines is 1. The van der Waals surface area contributed by atoms with Gasteiger partial charge in [0.15, 0.2) is 5.78 Å². The first-order valence-corrected chi connectivity index (χ1v) is 6.06. The first-order chi connectivity index (χ1) is 8.39. The van der Waals surface area contributed by atoms with Crippen LogP contribution in [-0.4, -0.2) is 48.6 Å². The van der Waals surface area contributed by atoms with E-state index in [0.29, 0.717) is 12.1 Å². The molecule has 100 valence electrons. The largest absolute Gasteiger partial charge is 0.395 e. The third-order valence-electron chi connectivity index (χ3n) is 3.26. The van der Waals surface area contributed by atoms with Crippen molar-refractivity contribution in [3.8, 4) is 0 Å². The van der Waals surface area contributed by atoms with Crippen LogP contribution in [0.5, 0.6) is 0 Å². The molecule has 0 saturated heterocycles. The second kappa shape index (κ2) is 5.98. The van der Waals surface area contributed by atoms with Crippen LogP contribution in [0.15, 0.2) is 24.3 Å². The molecule has 0 aliphatic rings. The Morgan fingerprint density at radius 3 is 2.28 bits per heavy atom. The minimum absolute atomic E-state index is 0.0916. The van der Waals surface area contributed by atoms with E-state index in [1.54, 1.807) is 0 Å². The lowest BCUT2D eigenvalue weighted by Crippen LogP contribution is -2.45. The number of carbonyl (C=O) groups excluding carboxylic acids is 1. The normalized spacial score (nSPS) is 11.7. The van der Waals surface area contributed by atoms with E-state index >= 15 is 0 Å². The van der Waals surface area contributed by atoms with Gasteiger partial charge in [0.25, 0.3) is 0 Å². The van der Waals surface area contributed by atoms with Gasteiger partial charge in [-0.15, -0.1) is 0 Å². The number of aliphatic hydroxyl groups is 1. The van der Waals surface area contributed by atoms with Gasteiger partial charge in [0.05, 0.1) is 12.1 Å². The van der Waals surface area contributed by atoms with Gasteiger partial charge in [-0.25, -0.2) is 0 Å². The Kier molecular flexibility index (Phi) is 4.87. The number of Topliss-reactive ketones (excluding diaryl/α,β-unsaturated/α-hetero) is 1. The maximum atomic E-state index is 12.3. The van der Waals surface area contributed by atoms with E-state index in [-0.39, 0.29) is 12.4 Å². The molecular formula is C14H22N2O2. The molecule has 0 radical (unpaired) electrons. The summed E-state index contributed by atoms with van der Waals surface area (Å²) in [6, 6.07) is 7.34. The molecule has 0 bridgehead atoms. The molecular weight excluding hydrogens is 228 g/mol. The van der Waals surface area contributed by atoms with Crippen molar-refractivity contribution in [1.82, 2.24) is 4.90 Å². The van der Waals surface area contributed by atoms with Crippen LogP contribution in [0.4, 0.5) is 5.69 Å². The van der Waals surface area contributed by atoms with Crippen molar-refractivity contribution in [2.75, 3.05) is 32.6 Å². The summed E-state index contributed by atoms with van der Waals surface area (Å²) in [6.45, 7) is 4.42. The molecule has 0 spiro atoms. The van der Waals surface area contributed by atoms with Crippen LogP contribution in [-0.2, 0) is 0 Å². The summed E-state index contributed by atoms with van der Waals surface area (Å²) < 4.78 is 0. The van der Waals surface area contributed by atoms with Gasteiger partial charge in [-0.05, 0) is 52.2 Å².